The minimum Gasteiger partial charge on any atom is -0.322 e. The Hall–Kier alpha value is -1.96. The Labute approximate surface area is 135 Å². The number of nitrogens with zero attached hydrogens (tertiary/aromatic N) is 1. The van der Waals surface area contributed by atoms with Gasteiger partial charge in [0.25, 0.3) is 11.6 Å². The number of nitro groups is 1. The number of nitrogens with one attached hydrogen (secondary N) is 1. The topological polar surface area (TPSA) is 72.2 Å². The molecule has 6 heteroatoms. The molecule has 0 saturated heterocycles. The van der Waals surface area contributed by atoms with Gasteiger partial charge >= 0.3 is 0 Å². The molecular weight excluding hydrogens is 383 g/mol. The van der Waals surface area contributed by atoms with Crippen LogP contribution in [0.25, 0.3) is 0 Å². The molecule has 0 aliphatic carbocycles. The number of rotatable bonds is 3. The van der Waals surface area contributed by atoms with E-state index in [0.29, 0.717) is 16.8 Å². The fraction of sp³-hybridized carbons (Fsp3) is 0.133. The first-order valence-corrected chi connectivity index (χ1v) is 7.29. The number of carbonyl (C=O) groups is 1. The fourth-order valence-corrected chi connectivity index (χ4v) is 2.45. The fourth-order valence-electron chi connectivity index (χ4n) is 1.94. The number of aryl methyl sites for hydroxylation is 1. The second-order valence-electron chi connectivity index (χ2n) is 4.62. The zero-order valence-electron chi connectivity index (χ0n) is 11.5. The van der Waals surface area contributed by atoms with Crippen LogP contribution in [0.3, 0.4) is 0 Å². The number of carbonyl (C=O) groups excluding carboxylic acids is 1. The van der Waals surface area contributed by atoms with E-state index in [2.05, 4.69) is 27.9 Å². The van der Waals surface area contributed by atoms with E-state index in [-0.39, 0.29) is 11.6 Å². The van der Waals surface area contributed by atoms with Crippen molar-refractivity contribution < 1.29 is 9.72 Å². The smallest absolute Gasteiger partial charge is 0.273 e. The highest BCUT2D eigenvalue weighted by atomic mass is 127. The van der Waals surface area contributed by atoms with Crippen molar-refractivity contribution in [1.82, 2.24) is 0 Å². The first-order chi connectivity index (χ1) is 9.90. The molecule has 1 amide bonds. The largest absolute Gasteiger partial charge is 0.322 e. The lowest BCUT2D eigenvalue weighted by Crippen LogP contribution is -2.14. The predicted octanol–water partition coefficient (Wildman–Crippen LogP) is 4.07. The lowest BCUT2D eigenvalue weighted by Gasteiger charge is -2.09. The van der Waals surface area contributed by atoms with Gasteiger partial charge in [-0.1, -0.05) is 12.1 Å². The summed E-state index contributed by atoms with van der Waals surface area (Å²) in [6.07, 6.45) is 0. The van der Waals surface area contributed by atoms with E-state index < -0.39 is 4.92 Å². The highest BCUT2D eigenvalue weighted by Crippen LogP contribution is 2.23. The Bertz CT molecular complexity index is 729. The number of hydrogen-bond donors (Lipinski definition) is 1. The third-order valence-electron chi connectivity index (χ3n) is 3.18. The highest BCUT2D eigenvalue weighted by molar-refractivity contribution is 14.1. The van der Waals surface area contributed by atoms with Crippen molar-refractivity contribution in [2.24, 2.45) is 0 Å². The van der Waals surface area contributed by atoms with Gasteiger partial charge in [-0.3, -0.25) is 14.9 Å². The summed E-state index contributed by atoms with van der Waals surface area (Å²) in [7, 11) is 0. The quantitative estimate of drug-likeness (QED) is 0.483. The van der Waals surface area contributed by atoms with E-state index in [0.717, 1.165) is 9.13 Å². The Morgan fingerprint density at radius 1 is 1.24 bits per heavy atom. The summed E-state index contributed by atoms with van der Waals surface area (Å²) >= 11 is 2.19. The van der Waals surface area contributed by atoms with Gasteiger partial charge in [-0.15, -0.1) is 0 Å². The molecule has 0 bridgehead atoms. The van der Waals surface area contributed by atoms with Crippen molar-refractivity contribution in [3.05, 3.63) is 66.8 Å². The molecule has 2 aromatic carbocycles. The molecule has 0 heterocycles. The van der Waals surface area contributed by atoms with Crippen LogP contribution in [-0.2, 0) is 0 Å². The molecule has 108 valence electrons. The Morgan fingerprint density at radius 2 is 1.95 bits per heavy atom. The zero-order valence-corrected chi connectivity index (χ0v) is 13.7. The molecule has 0 unspecified atom stereocenters. The van der Waals surface area contributed by atoms with Crippen molar-refractivity contribution in [3.63, 3.8) is 0 Å². The molecule has 0 aromatic heterocycles. The van der Waals surface area contributed by atoms with E-state index in [4.69, 9.17) is 0 Å². The summed E-state index contributed by atoms with van der Waals surface area (Å²) in [4.78, 5) is 22.7. The number of nitro benzene ring substituents is 1. The molecule has 5 nitrogen and oxygen atoms in total. The van der Waals surface area contributed by atoms with Gasteiger partial charge in [0.1, 0.15) is 0 Å². The number of hydrogen-bond acceptors (Lipinski definition) is 3. The van der Waals surface area contributed by atoms with E-state index >= 15 is 0 Å². The van der Waals surface area contributed by atoms with Gasteiger partial charge in [-0.25, -0.2) is 0 Å². The molecule has 0 saturated carbocycles. The van der Waals surface area contributed by atoms with Crippen LogP contribution >= 0.6 is 22.6 Å². The number of benzene rings is 2. The van der Waals surface area contributed by atoms with E-state index in [1.165, 1.54) is 12.1 Å². The monoisotopic (exact) mass is 396 g/mol. The van der Waals surface area contributed by atoms with Crippen molar-refractivity contribution in [2.75, 3.05) is 5.32 Å². The predicted molar refractivity (Wildman–Crippen MR) is 89.7 cm³/mol. The van der Waals surface area contributed by atoms with E-state index in [1.54, 1.807) is 13.0 Å². The second kappa shape index (κ2) is 6.21. The van der Waals surface area contributed by atoms with Gasteiger partial charge in [-0.05, 0) is 60.2 Å². The first-order valence-electron chi connectivity index (χ1n) is 6.21. The average molecular weight is 396 g/mol. The van der Waals surface area contributed by atoms with Crippen LogP contribution in [0.4, 0.5) is 11.4 Å². The first kappa shape index (κ1) is 15.4. The third kappa shape index (κ3) is 3.38. The summed E-state index contributed by atoms with van der Waals surface area (Å²) in [6.45, 7) is 3.56. The summed E-state index contributed by atoms with van der Waals surface area (Å²) in [5.41, 5.74) is 2.41. The maximum absolute atomic E-state index is 12.3. The molecule has 0 radical (unpaired) electrons. The van der Waals surface area contributed by atoms with Crippen LogP contribution in [0, 0.1) is 27.5 Å². The van der Waals surface area contributed by atoms with Gasteiger partial charge in [0.05, 0.1) is 4.92 Å². The van der Waals surface area contributed by atoms with E-state index in [9.17, 15) is 14.9 Å². The normalized spacial score (nSPS) is 10.2. The van der Waals surface area contributed by atoms with Gasteiger partial charge in [0, 0.05) is 26.5 Å². The molecule has 0 spiro atoms. The Morgan fingerprint density at radius 3 is 2.57 bits per heavy atom. The maximum Gasteiger partial charge on any atom is 0.273 e. The molecule has 21 heavy (non-hydrogen) atoms. The standard InChI is InChI=1S/C15H13IN2O3/c1-9-6-7-11(8-13(9)16)17-15(19)12-4-3-5-14(10(12)2)18(20)21/h3-8H,1-2H3,(H,17,19). The molecule has 2 rings (SSSR count). The van der Waals surface area contributed by atoms with Gasteiger partial charge in [0.15, 0.2) is 0 Å². The number of amides is 1. The van der Waals surface area contributed by atoms with Crippen LogP contribution < -0.4 is 5.32 Å². The summed E-state index contributed by atoms with van der Waals surface area (Å²) in [5, 5.41) is 13.7. The zero-order chi connectivity index (χ0) is 15.6. The van der Waals surface area contributed by atoms with Crippen LogP contribution in [0.1, 0.15) is 21.5 Å². The summed E-state index contributed by atoms with van der Waals surface area (Å²) < 4.78 is 1.04. The lowest BCUT2D eigenvalue weighted by molar-refractivity contribution is -0.385. The third-order valence-corrected chi connectivity index (χ3v) is 4.34. The van der Waals surface area contributed by atoms with Crippen LogP contribution in [0.2, 0.25) is 0 Å². The maximum atomic E-state index is 12.3. The molecule has 2 aromatic rings. The minimum atomic E-state index is -0.485. The molecular formula is C15H13IN2O3. The second-order valence-corrected chi connectivity index (χ2v) is 5.79. The van der Waals surface area contributed by atoms with Crippen molar-refractivity contribution in [3.8, 4) is 0 Å². The van der Waals surface area contributed by atoms with E-state index in [1.807, 2.05) is 25.1 Å². The summed E-state index contributed by atoms with van der Waals surface area (Å²) in [6, 6.07) is 10.1. The number of halogens is 1. The van der Waals surface area contributed by atoms with Crippen LogP contribution in [-0.4, -0.2) is 10.8 Å². The Kier molecular flexibility index (Phi) is 4.56. The SMILES string of the molecule is Cc1ccc(NC(=O)c2cccc([N+](=O)[O-])c2C)cc1I. The van der Waals surface area contributed by atoms with Gasteiger partial charge in [0.2, 0.25) is 0 Å². The molecule has 1 N–H and O–H groups in total. The Balaban J connectivity index is 2.30. The lowest BCUT2D eigenvalue weighted by atomic mass is 10.1. The van der Waals surface area contributed by atoms with Gasteiger partial charge in [-0.2, -0.15) is 0 Å². The van der Waals surface area contributed by atoms with Crippen LogP contribution in [0.15, 0.2) is 36.4 Å². The number of anilines is 1. The average Bonchev–Trinajstić information content (AvgIpc) is 2.42. The minimum absolute atomic E-state index is 0.0545. The van der Waals surface area contributed by atoms with Crippen molar-refractivity contribution >= 4 is 39.9 Å². The van der Waals surface area contributed by atoms with Crippen molar-refractivity contribution in [2.45, 2.75) is 13.8 Å². The molecule has 0 fully saturated rings. The molecule has 0 aliphatic heterocycles. The van der Waals surface area contributed by atoms with Gasteiger partial charge < -0.3 is 5.32 Å². The highest BCUT2D eigenvalue weighted by Gasteiger charge is 2.18. The van der Waals surface area contributed by atoms with Crippen LogP contribution in [0.5, 0.6) is 0 Å². The molecule has 0 atom stereocenters. The molecule has 0 aliphatic rings. The van der Waals surface area contributed by atoms with Crippen molar-refractivity contribution in [1.29, 1.82) is 0 Å². The summed E-state index contributed by atoms with van der Waals surface area (Å²) in [5.74, 6) is -0.351.